The molecule has 2 nitrogen and oxygen atoms in total. The quantitative estimate of drug-likeness (QED) is 0.829. The minimum atomic E-state index is 0.340. The summed E-state index contributed by atoms with van der Waals surface area (Å²) in [6.07, 6.45) is 3.32. The second kappa shape index (κ2) is 6.79. The molecule has 0 spiro atoms. The lowest BCUT2D eigenvalue weighted by molar-refractivity contribution is 0.410. The van der Waals surface area contributed by atoms with Crippen molar-refractivity contribution in [2.45, 2.75) is 58.9 Å². The number of hydrogen-bond donors (Lipinski definition) is 1. The van der Waals surface area contributed by atoms with Crippen LogP contribution in [0, 0.1) is 13.8 Å². The third-order valence-electron chi connectivity index (χ3n) is 4.03. The largest absolute Gasteiger partial charge is 0.496 e. The zero-order valence-electron chi connectivity index (χ0n) is 12.4. The fourth-order valence-corrected chi connectivity index (χ4v) is 2.40. The van der Waals surface area contributed by atoms with E-state index >= 15 is 0 Å². The van der Waals surface area contributed by atoms with E-state index in [1.807, 2.05) is 0 Å². The van der Waals surface area contributed by atoms with Crippen molar-refractivity contribution in [3.8, 4) is 5.75 Å². The van der Waals surface area contributed by atoms with Crippen LogP contribution in [0.2, 0.25) is 0 Å². The molecule has 2 N–H and O–H groups in total. The summed E-state index contributed by atoms with van der Waals surface area (Å²) in [7, 11) is 1.73. The molecule has 0 fully saturated rings. The van der Waals surface area contributed by atoms with Crippen molar-refractivity contribution in [2.75, 3.05) is 7.11 Å². The second-order valence-electron chi connectivity index (χ2n) is 5.25. The Hall–Kier alpha value is -1.02. The highest BCUT2D eigenvalue weighted by Crippen LogP contribution is 2.30. The third-order valence-corrected chi connectivity index (χ3v) is 4.03. The number of methoxy groups -OCH3 is 1. The smallest absolute Gasteiger partial charge is 0.122 e. The molecule has 1 rings (SSSR count). The van der Waals surface area contributed by atoms with E-state index in [0.29, 0.717) is 12.0 Å². The van der Waals surface area contributed by atoms with Gasteiger partial charge in [0.05, 0.1) is 7.11 Å². The first-order valence-corrected chi connectivity index (χ1v) is 6.90. The Bertz CT molecular complexity index is 387. The molecule has 1 aromatic rings. The molecule has 2 heteroatoms. The van der Waals surface area contributed by atoms with Crippen LogP contribution in [0.1, 0.15) is 55.7 Å². The number of benzene rings is 1. The number of nitrogens with two attached hydrogens (primary N) is 1. The lowest BCUT2D eigenvalue weighted by Gasteiger charge is -2.19. The summed E-state index contributed by atoms with van der Waals surface area (Å²) in [5.74, 6) is 1.54. The first-order chi connectivity index (χ1) is 8.51. The van der Waals surface area contributed by atoms with E-state index in [2.05, 4.69) is 39.8 Å². The van der Waals surface area contributed by atoms with Gasteiger partial charge in [-0.05, 0) is 61.8 Å². The van der Waals surface area contributed by atoms with Crippen LogP contribution >= 0.6 is 0 Å². The SMILES string of the molecule is CCC(N)CCC(C)c1ccc(OC)c(C)c1C. The van der Waals surface area contributed by atoms with Crippen molar-refractivity contribution < 1.29 is 4.74 Å². The molecule has 0 aliphatic heterocycles. The zero-order valence-corrected chi connectivity index (χ0v) is 12.4. The maximum absolute atomic E-state index is 5.99. The highest BCUT2D eigenvalue weighted by atomic mass is 16.5. The van der Waals surface area contributed by atoms with Crippen molar-refractivity contribution in [2.24, 2.45) is 5.73 Å². The van der Waals surface area contributed by atoms with Gasteiger partial charge < -0.3 is 10.5 Å². The molecule has 0 radical (unpaired) electrons. The lowest BCUT2D eigenvalue weighted by Crippen LogP contribution is -2.19. The van der Waals surface area contributed by atoms with Gasteiger partial charge in [-0.1, -0.05) is 19.9 Å². The molecule has 0 aliphatic carbocycles. The van der Waals surface area contributed by atoms with E-state index in [1.54, 1.807) is 7.11 Å². The Labute approximate surface area is 112 Å². The standard InChI is InChI=1S/C16H27NO/c1-6-14(17)8-7-11(2)15-9-10-16(18-5)13(4)12(15)3/h9-11,14H,6-8,17H2,1-5H3. The number of hydrogen-bond acceptors (Lipinski definition) is 2. The van der Waals surface area contributed by atoms with Crippen molar-refractivity contribution in [1.82, 2.24) is 0 Å². The Balaban J connectivity index is 2.80. The van der Waals surface area contributed by atoms with E-state index in [4.69, 9.17) is 10.5 Å². The van der Waals surface area contributed by atoms with Gasteiger partial charge >= 0.3 is 0 Å². The van der Waals surface area contributed by atoms with E-state index in [9.17, 15) is 0 Å². The molecule has 0 saturated heterocycles. The molecule has 0 amide bonds. The van der Waals surface area contributed by atoms with Crippen LogP contribution in [-0.2, 0) is 0 Å². The third kappa shape index (κ3) is 3.49. The first kappa shape index (κ1) is 15.0. The van der Waals surface area contributed by atoms with Crippen LogP contribution in [0.25, 0.3) is 0 Å². The highest BCUT2D eigenvalue weighted by Gasteiger charge is 2.13. The molecule has 102 valence electrons. The number of rotatable bonds is 6. The predicted octanol–water partition coefficient (Wildman–Crippen LogP) is 3.93. The van der Waals surface area contributed by atoms with Gasteiger partial charge in [0.1, 0.15) is 5.75 Å². The Morgan fingerprint density at radius 1 is 1.17 bits per heavy atom. The Kier molecular flexibility index (Phi) is 5.67. The van der Waals surface area contributed by atoms with Crippen molar-refractivity contribution in [3.63, 3.8) is 0 Å². The van der Waals surface area contributed by atoms with Crippen LogP contribution in [0.5, 0.6) is 5.75 Å². The fourth-order valence-electron chi connectivity index (χ4n) is 2.40. The minimum absolute atomic E-state index is 0.340. The predicted molar refractivity (Wildman–Crippen MR) is 78.4 cm³/mol. The van der Waals surface area contributed by atoms with Crippen LogP contribution in [0.4, 0.5) is 0 Å². The van der Waals surface area contributed by atoms with Gasteiger partial charge in [-0.25, -0.2) is 0 Å². The normalized spacial score (nSPS) is 14.3. The van der Waals surface area contributed by atoms with E-state index in [1.165, 1.54) is 16.7 Å². The molecule has 2 atom stereocenters. The summed E-state index contributed by atoms with van der Waals surface area (Å²) >= 11 is 0. The van der Waals surface area contributed by atoms with Crippen LogP contribution < -0.4 is 10.5 Å². The molecular formula is C16H27NO. The first-order valence-electron chi connectivity index (χ1n) is 6.90. The summed E-state index contributed by atoms with van der Waals surface area (Å²) in [5, 5.41) is 0. The van der Waals surface area contributed by atoms with Gasteiger partial charge in [0, 0.05) is 6.04 Å². The molecule has 0 aromatic heterocycles. The van der Waals surface area contributed by atoms with Crippen LogP contribution in [-0.4, -0.2) is 13.2 Å². The van der Waals surface area contributed by atoms with Gasteiger partial charge in [-0.3, -0.25) is 0 Å². The average Bonchev–Trinajstić information content (AvgIpc) is 2.38. The molecular weight excluding hydrogens is 222 g/mol. The molecule has 0 heterocycles. The number of ether oxygens (including phenoxy) is 1. The summed E-state index contributed by atoms with van der Waals surface area (Å²) < 4.78 is 5.36. The van der Waals surface area contributed by atoms with Crippen molar-refractivity contribution >= 4 is 0 Å². The fraction of sp³-hybridized carbons (Fsp3) is 0.625. The summed E-state index contributed by atoms with van der Waals surface area (Å²) in [6.45, 7) is 8.75. The maximum atomic E-state index is 5.99. The van der Waals surface area contributed by atoms with Gasteiger partial charge in [-0.15, -0.1) is 0 Å². The average molecular weight is 249 g/mol. The van der Waals surface area contributed by atoms with Gasteiger partial charge in [0.2, 0.25) is 0 Å². The highest BCUT2D eigenvalue weighted by molar-refractivity contribution is 5.44. The topological polar surface area (TPSA) is 35.2 Å². The molecule has 2 unspecified atom stereocenters. The maximum Gasteiger partial charge on any atom is 0.122 e. The monoisotopic (exact) mass is 249 g/mol. The minimum Gasteiger partial charge on any atom is -0.496 e. The van der Waals surface area contributed by atoms with Gasteiger partial charge in [0.15, 0.2) is 0 Å². The van der Waals surface area contributed by atoms with E-state index in [0.717, 1.165) is 25.0 Å². The molecule has 18 heavy (non-hydrogen) atoms. The second-order valence-corrected chi connectivity index (χ2v) is 5.25. The molecule has 0 saturated carbocycles. The lowest BCUT2D eigenvalue weighted by atomic mass is 9.89. The zero-order chi connectivity index (χ0) is 13.7. The van der Waals surface area contributed by atoms with Gasteiger partial charge in [-0.2, -0.15) is 0 Å². The van der Waals surface area contributed by atoms with Crippen molar-refractivity contribution in [3.05, 3.63) is 28.8 Å². The summed E-state index contributed by atoms with van der Waals surface area (Å²) in [4.78, 5) is 0. The molecule has 0 aliphatic rings. The van der Waals surface area contributed by atoms with E-state index < -0.39 is 0 Å². The summed E-state index contributed by atoms with van der Waals surface area (Å²) in [6, 6.07) is 4.61. The van der Waals surface area contributed by atoms with Crippen molar-refractivity contribution in [1.29, 1.82) is 0 Å². The molecule has 0 bridgehead atoms. The van der Waals surface area contributed by atoms with Crippen LogP contribution in [0.3, 0.4) is 0 Å². The Morgan fingerprint density at radius 3 is 2.39 bits per heavy atom. The summed E-state index contributed by atoms with van der Waals surface area (Å²) in [5.41, 5.74) is 10.0. The molecule has 1 aromatic carbocycles. The van der Waals surface area contributed by atoms with Crippen LogP contribution in [0.15, 0.2) is 12.1 Å². The Morgan fingerprint density at radius 2 is 1.83 bits per heavy atom. The van der Waals surface area contributed by atoms with E-state index in [-0.39, 0.29) is 0 Å². The van der Waals surface area contributed by atoms with Gasteiger partial charge in [0.25, 0.3) is 0 Å².